The van der Waals surface area contributed by atoms with Crippen LogP contribution in [0.4, 0.5) is 0 Å². The molecule has 0 spiro atoms. The monoisotopic (exact) mass is 411 g/mol. The number of thioether (sulfide) groups is 1. The van der Waals surface area contributed by atoms with Gasteiger partial charge in [0.25, 0.3) is 5.22 Å². The van der Waals surface area contributed by atoms with Crippen molar-refractivity contribution < 1.29 is 18.7 Å². The fraction of sp³-hybridized carbons (Fsp3) is 0.286. The maximum absolute atomic E-state index is 12.4. The molecule has 8 heteroatoms. The van der Waals surface area contributed by atoms with Crippen LogP contribution in [0.3, 0.4) is 0 Å². The number of carbonyl (C=O) groups is 1. The standard InChI is InChI=1S/C21H21N3O4S/c1-3-16(14-6-4-13(2)5-7-14)22-19(25)11-29-21-24-23-20(28-21)15-8-9-17-18(10-15)27-12-26-17/h4-10,16H,3,11-12H2,1-2H3,(H,22,25). The van der Waals surface area contributed by atoms with E-state index in [1.165, 1.54) is 17.3 Å². The molecule has 0 fully saturated rings. The van der Waals surface area contributed by atoms with Gasteiger partial charge in [0.2, 0.25) is 18.6 Å². The van der Waals surface area contributed by atoms with Gasteiger partial charge in [-0.25, -0.2) is 0 Å². The van der Waals surface area contributed by atoms with Gasteiger partial charge >= 0.3 is 0 Å². The Labute approximate surface area is 172 Å². The summed E-state index contributed by atoms with van der Waals surface area (Å²) in [6.45, 7) is 4.30. The molecule has 2 aromatic carbocycles. The summed E-state index contributed by atoms with van der Waals surface area (Å²) in [6, 6.07) is 13.6. The first-order chi connectivity index (χ1) is 14.1. The van der Waals surface area contributed by atoms with Crippen LogP contribution in [0.25, 0.3) is 11.5 Å². The second-order valence-electron chi connectivity index (χ2n) is 6.67. The number of amides is 1. The van der Waals surface area contributed by atoms with E-state index in [0.717, 1.165) is 17.5 Å². The number of aromatic nitrogens is 2. The molecule has 1 aliphatic heterocycles. The normalized spacial score (nSPS) is 13.3. The Morgan fingerprint density at radius 2 is 1.93 bits per heavy atom. The number of nitrogens with one attached hydrogen (secondary N) is 1. The number of hydrogen-bond acceptors (Lipinski definition) is 7. The molecule has 4 rings (SSSR count). The first-order valence-corrected chi connectivity index (χ1v) is 10.3. The predicted octanol–water partition coefficient (Wildman–Crippen LogP) is 4.13. The van der Waals surface area contributed by atoms with Crippen molar-refractivity contribution in [2.75, 3.05) is 12.5 Å². The summed E-state index contributed by atoms with van der Waals surface area (Å²) in [4.78, 5) is 12.4. The SMILES string of the molecule is CCC(NC(=O)CSc1nnc(-c2ccc3c(c2)OCO3)o1)c1ccc(C)cc1. The molecule has 1 atom stereocenters. The zero-order valence-corrected chi connectivity index (χ0v) is 17.0. The Balaban J connectivity index is 1.34. The van der Waals surface area contributed by atoms with E-state index in [9.17, 15) is 4.79 Å². The lowest BCUT2D eigenvalue weighted by molar-refractivity contribution is -0.119. The van der Waals surface area contributed by atoms with Crippen LogP contribution in [0.2, 0.25) is 0 Å². The minimum Gasteiger partial charge on any atom is -0.454 e. The van der Waals surface area contributed by atoms with Crippen LogP contribution >= 0.6 is 11.8 Å². The lowest BCUT2D eigenvalue weighted by Gasteiger charge is -2.17. The van der Waals surface area contributed by atoms with Crippen LogP contribution in [-0.2, 0) is 4.79 Å². The van der Waals surface area contributed by atoms with Crippen molar-refractivity contribution >= 4 is 17.7 Å². The van der Waals surface area contributed by atoms with Crippen molar-refractivity contribution in [2.45, 2.75) is 31.5 Å². The number of rotatable bonds is 7. The van der Waals surface area contributed by atoms with Gasteiger partial charge in [0.15, 0.2) is 11.5 Å². The Bertz CT molecular complexity index is 1000. The Kier molecular flexibility index (Phi) is 5.71. The van der Waals surface area contributed by atoms with E-state index in [-0.39, 0.29) is 24.5 Å². The molecule has 7 nitrogen and oxygen atoms in total. The van der Waals surface area contributed by atoms with E-state index in [1.54, 1.807) is 12.1 Å². The molecule has 0 bridgehead atoms. The van der Waals surface area contributed by atoms with E-state index in [2.05, 4.69) is 27.6 Å². The van der Waals surface area contributed by atoms with Crippen molar-refractivity contribution in [1.29, 1.82) is 0 Å². The van der Waals surface area contributed by atoms with Gasteiger partial charge in [-0.15, -0.1) is 10.2 Å². The molecule has 2 heterocycles. The zero-order chi connectivity index (χ0) is 20.2. The third-order valence-electron chi connectivity index (χ3n) is 4.58. The summed E-state index contributed by atoms with van der Waals surface area (Å²) in [5.41, 5.74) is 3.03. The van der Waals surface area contributed by atoms with Crippen LogP contribution in [0.5, 0.6) is 11.5 Å². The summed E-state index contributed by atoms with van der Waals surface area (Å²) in [7, 11) is 0. The predicted molar refractivity (Wildman–Crippen MR) is 109 cm³/mol. The van der Waals surface area contributed by atoms with Crippen molar-refractivity contribution in [3.8, 4) is 23.0 Å². The first kappa shape index (κ1) is 19.3. The van der Waals surface area contributed by atoms with Gasteiger partial charge < -0.3 is 19.2 Å². The van der Waals surface area contributed by atoms with Crippen molar-refractivity contribution in [3.63, 3.8) is 0 Å². The molecule has 1 unspecified atom stereocenters. The quantitative estimate of drug-likeness (QED) is 0.585. The molecule has 0 saturated heterocycles. The molecule has 3 aromatic rings. The molecule has 1 N–H and O–H groups in total. The summed E-state index contributed by atoms with van der Waals surface area (Å²) < 4.78 is 16.3. The second-order valence-corrected chi connectivity index (χ2v) is 7.60. The average molecular weight is 411 g/mol. The molecule has 1 aliphatic rings. The number of ether oxygens (including phenoxy) is 2. The highest BCUT2D eigenvalue weighted by atomic mass is 32.2. The Morgan fingerprint density at radius 1 is 1.14 bits per heavy atom. The van der Waals surface area contributed by atoms with Gasteiger partial charge in [-0.3, -0.25) is 4.79 Å². The van der Waals surface area contributed by atoms with Gasteiger partial charge in [-0.1, -0.05) is 48.5 Å². The molecular weight excluding hydrogens is 390 g/mol. The first-order valence-electron chi connectivity index (χ1n) is 9.34. The molecular formula is C21H21N3O4S. The molecule has 1 amide bonds. The smallest absolute Gasteiger partial charge is 0.277 e. The number of hydrogen-bond donors (Lipinski definition) is 1. The van der Waals surface area contributed by atoms with Gasteiger partial charge in [0.05, 0.1) is 11.8 Å². The van der Waals surface area contributed by atoms with E-state index >= 15 is 0 Å². The highest BCUT2D eigenvalue weighted by Crippen LogP contribution is 2.36. The van der Waals surface area contributed by atoms with E-state index < -0.39 is 0 Å². The largest absolute Gasteiger partial charge is 0.454 e. The summed E-state index contributed by atoms with van der Waals surface area (Å²) in [6.07, 6.45) is 0.814. The molecule has 29 heavy (non-hydrogen) atoms. The fourth-order valence-electron chi connectivity index (χ4n) is 3.00. The van der Waals surface area contributed by atoms with Crippen LogP contribution in [0, 0.1) is 6.92 Å². The number of carbonyl (C=O) groups excluding carboxylic acids is 1. The van der Waals surface area contributed by atoms with E-state index in [0.29, 0.717) is 22.6 Å². The molecule has 0 radical (unpaired) electrons. The van der Waals surface area contributed by atoms with E-state index in [4.69, 9.17) is 13.9 Å². The Morgan fingerprint density at radius 3 is 2.72 bits per heavy atom. The maximum atomic E-state index is 12.4. The van der Waals surface area contributed by atoms with Crippen LogP contribution in [0.1, 0.15) is 30.5 Å². The number of aryl methyl sites for hydroxylation is 1. The van der Waals surface area contributed by atoms with Crippen LogP contribution in [-0.4, -0.2) is 28.7 Å². The topological polar surface area (TPSA) is 86.5 Å². The van der Waals surface area contributed by atoms with Gasteiger partial charge in [0, 0.05) is 5.56 Å². The van der Waals surface area contributed by atoms with Crippen molar-refractivity contribution in [1.82, 2.24) is 15.5 Å². The fourth-order valence-corrected chi connectivity index (χ4v) is 3.57. The van der Waals surface area contributed by atoms with Gasteiger partial charge in [-0.05, 0) is 37.1 Å². The molecule has 1 aromatic heterocycles. The molecule has 0 saturated carbocycles. The minimum atomic E-state index is -0.0785. The van der Waals surface area contributed by atoms with Crippen LogP contribution < -0.4 is 14.8 Å². The van der Waals surface area contributed by atoms with Crippen molar-refractivity contribution in [3.05, 3.63) is 53.6 Å². The maximum Gasteiger partial charge on any atom is 0.277 e. The number of benzene rings is 2. The van der Waals surface area contributed by atoms with Crippen LogP contribution in [0.15, 0.2) is 52.1 Å². The zero-order valence-electron chi connectivity index (χ0n) is 16.2. The molecule has 150 valence electrons. The number of nitrogens with zero attached hydrogens (tertiary/aromatic N) is 2. The highest BCUT2D eigenvalue weighted by Gasteiger charge is 2.18. The number of fused-ring (bicyclic) bond motifs is 1. The Hall–Kier alpha value is -3.00. The van der Waals surface area contributed by atoms with Gasteiger partial charge in [0.1, 0.15) is 0 Å². The lowest BCUT2D eigenvalue weighted by atomic mass is 10.0. The third kappa shape index (κ3) is 4.54. The van der Waals surface area contributed by atoms with Crippen molar-refractivity contribution in [2.24, 2.45) is 0 Å². The minimum absolute atomic E-state index is 0.0180. The second kappa shape index (κ2) is 8.57. The van der Waals surface area contributed by atoms with E-state index in [1.807, 2.05) is 32.0 Å². The van der Waals surface area contributed by atoms with Gasteiger partial charge in [-0.2, -0.15) is 0 Å². The summed E-state index contributed by atoms with van der Waals surface area (Å²) >= 11 is 1.21. The summed E-state index contributed by atoms with van der Waals surface area (Å²) in [5, 5.41) is 11.5. The third-order valence-corrected chi connectivity index (χ3v) is 5.39. The highest BCUT2D eigenvalue weighted by molar-refractivity contribution is 7.99. The lowest BCUT2D eigenvalue weighted by Crippen LogP contribution is -2.29. The average Bonchev–Trinajstić information content (AvgIpc) is 3.40. The molecule has 0 aliphatic carbocycles. The summed E-state index contributed by atoms with van der Waals surface area (Å²) in [5.74, 6) is 1.84.